The summed E-state index contributed by atoms with van der Waals surface area (Å²) in [5.41, 5.74) is 1.17. The summed E-state index contributed by atoms with van der Waals surface area (Å²) in [6, 6.07) is 14.7. The van der Waals surface area contributed by atoms with Crippen LogP contribution in [0.2, 0.25) is 0 Å². The normalized spacial score (nSPS) is 10.8. The van der Waals surface area contributed by atoms with Gasteiger partial charge in [-0.1, -0.05) is 18.2 Å². The van der Waals surface area contributed by atoms with Gasteiger partial charge in [-0.15, -0.1) is 0 Å². The Bertz CT molecular complexity index is 1270. The molecule has 4 aromatic rings. The topological polar surface area (TPSA) is 83.3 Å². The van der Waals surface area contributed by atoms with Crippen molar-refractivity contribution in [3.63, 3.8) is 0 Å². The fourth-order valence-corrected chi connectivity index (χ4v) is 3.27. The highest BCUT2D eigenvalue weighted by Gasteiger charge is 2.32. The predicted molar refractivity (Wildman–Crippen MR) is 107 cm³/mol. The molecule has 0 atom stereocenters. The van der Waals surface area contributed by atoms with E-state index < -0.39 is 17.8 Å². The molecule has 2 heterocycles. The largest absolute Gasteiger partial charge is 0.465 e. The Morgan fingerprint density at radius 1 is 0.933 bits per heavy atom. The number of carbonyl (C=O) groups excluding carboxylic acids is 2. The van der Waals surface area contributed by atoms with E-state index in [9.17, 15) is 14.0 Å². The quantitative estimate of drug-likeness (QED) is 0.480. The molecular formula is C22H16FN3O4. The highest BCUT2D eigenvalue weighted by Crippen LogP contribution is 2.33. The Morgan fingerprint density at radius 3 is 2.37 bits per heavy atom. The van der Waals surface area contributed by atoms with Gasteiger partial charge in [0, 0.05) is 17.1 Å². The first-order chi connectivity index (χ1) is 14.6. The lowest BCUT2D eigenvalue weighted by molar-refractivity contribution is 0.0549. The van der Waals surface area contributed by atoms with Crippen molar-refractivity contribution in [2.75, 3.05) is 14.2 Å². The van der Waals surface area contributed by atoms with Crippen LogP contribution in [0.5, 0.6) is 0 Å². The number of hydrogen-bond donors (Lipinski definition) is 0. The van der Waals surface area contributed by atoms with Crippen LogP contribution in [0.25, 0.3) is 27.8 Å². The molecule has 7 nitrogen and oxygen atoms in total. The number of aromatic nitrogens is 3. The van der Waals surface area contributed by atoms with Gasteiger partial charge in [0.1, 0.15) is 17.1 Å². The van der Waals surface area contributed by atoms with Gasteiger partial charge in [-0.3, -0.25) is 4.98 Å². The second-order valence-corrected chi connectivity index (χ2v) is 6.30. The molecule has 0 fully saturated rings. The van der Waals surface area contributed by atoms with Gasteiger partial charge >= 0.3 is 11.9 Å². The van der Waals surface area contributed by atoms with Crippen LogP contribution in [-0.2, 0) is 9.47 Å². The molecular weight excluding hydrogens is 389 g/mol. The molecule has 0 amide bonds. The molecule has 0 unspecified atom stereocenters. The summed E-state index contributed by atoms with van der Waals surface area (Å²) in [6.07, 6.45) is 1.51. The number of nitrogens with zero attached hydrogens (tertiary/aromatic N) is 3. The Hall–Kier alpha value is -4.07. The molecule has 8 heteroatoms. The Labute approximate surface area is 170 Å². The third-order valence-electron chi connectivity index (χ3n) is 4.63. The summed E-state index contributed by atoms with van der Waals surface area (Å²) in [7, 11) is 2.41. The molecule has 2 aromatic heterocycles. The van der Waals surface area contributed by atoms with E-state index in [0.29, 0.717) is 16.8 Å². The first-order valence-corrected chi connectivity index (χ1v) is 8.95. The minimum atomic E-state index is -0.777. The maximum atomic E-state index is 14.3. The molecule has 0 radical (unpaired) electrons. The lowest BCUT2D eigenvalue weighted by Gasteiger charge is -2.07. The molecule has 150 valence electrons. The highest BCUT2D eigenvalue weighted by molar-refractivity contribution is 6.09. The van der Waals surface area contributed by atoms with E-state index in [4.69, 9.17) is 9.47 Å². The van der Waals surface area contributed by atoms with Gasteiger partial charge in [0.05, 0.1) is 25.4 Å². The van der Waals surface area contributed by atoms with Crippen molar-refractivity contribution in [2.24, 2.45) is 0 Å². The van der Waals surface area contributed by atoms with Crippen LogP contribution in [0.1, 0.15) is 20.8 Å². The number of rotatable bonds is 4. The van der Waals surface area contributed by atoms with Crippen LogP contribution in [0.3, 0.4) is 0 Å². The number of fused-ring (bicyclic) bond motifs is 1. The van der Waals surface area contributed by atoms with Crippen molar-refractivity contribution in [3.8, 4) is 16.9 Å². The average Bonchev–Trinajstić information content (AvgIpc) is 3.19. The Kier molecular flexibility index (Phi) is 4.97. The second-order valence-electron chi connectivity index (χ2n) is 6.30. The third kappa shape index (κ3) is 3.08. The molecule has 0 aliphatic carbocycles. The number of ether oxygens (including phenoxy) is 2. The van der Waals surface area contributed by atoms with Crippen LogP contribution < -0.4 is 0 Å². The molecule has 2 aromatic carbocycles. The number of halogens is 1. The number of pyridine rings is 1. The van der Waals surface area contributed by atoms with E-state index in [1.807, 2.05) is 6.07 Å². The van der Waals surface area contributed by atoms with E-state index in [1.54, 1.807) is 36.4 Å². The number of benzene rings is 2. The van der Waals surface area contributed by atoms with Gasteiger partial charge in [-0.25, -0.2) is 18.7 Å². The van der Waals surface area contributed by atoms with Crippen molar-refractivity contribution in [1.82, 2.24) is 14.8 Å². The fourth-order valence-electron chi connectivity index (χ4n) is 3.27. The third-order valence-corrected chi connectivity index (χ3v) is 4.63. The van der Waals surface area contributed by atoms with Crippen molar-refractivity contribution in [3.05, 3.63) is 77.9 Å². The lowest BCUT2D eigenvalue weighted by Crippen LogP contribution is -2.15. The number of para-hydroxylation sites is 1. The van der Waals surface area contributed by atoms with Gasteiger partial charge in [0.15, 0.2) is 5.69 Å². The maximum absolute atomic E-state index is 14.3. The maximum Gasteiger partial charge on any atom is 0.357 e. The van der Waals surface area contributed by atoms with Crippen molar-refractivity contribution in [2.45, 2.75) is 0 Å². The molecule has 0 N–H and O–H groups in total. The molecule has 4 rings (SSSR count). The van der Waals surface area contributed by atoms with E-state index >= 15 is 0 Å². The number of hydrogen-bond acceptors (Lipinski definition) is 6. The summed E-state index contributed by atoms with van der Waals surface area (Å²) in [5, 5.41) is 4.78. The van der Waals surface area contributed by atoms with Gasteiger partial charge < -0.3 is 9.47 Å². The molecule has 30 heavy (non-hydrogen) atoms. The standard InChI is InChI=1S/C22H16FN3O4/c1-29-21(27)17-19(15-10-11-16(23)14-9-6-12-24-18(14)15)25-26(20(17)22(28)30-2)13-7-4-3-5-8-13/h3-12H,1-2H3. The van der Waals surface area contributed by atoms with E-state index in [0.717, 1.165) is 0 Å². The van der Waals surface area contributed by atoms with Gasteiger partial charge in [0.2, 0.25) is 0 Å². The van der Waals surface area contributed by atoms with E-state index in [1.165, 1.54) is 37.2 Å². The summed E-state index contributed by atoms with van der Waals surface area (Å²) >= 11 is 0. The summed E-state index contributed by atoms with van der Waals surface area (Å²) in [6.45, 7) is 0. The smallest absolute Gasteiger partial charge is 0.357 e. The zero-order valence-electron chi connectivity index (χ0n) is 16.1. The number of methoxy groups -OCH3 is 2. The van der Waals surface area contributed by atoms with Crippen molar-refractivity contribution >= 4 is 22.8 Å². The number of carbonyl (C=O) groups is 2. The zero-order chi connectivity index (χ0) is 21.3. The van der Waals surface area contributed by atoms with Crippen LogP contribution in [-0.4, -0.2) is 40.9 Å². The monoisotopic (exact) mass is 405 g/mol. The van der Waals surface area contributed by atoms with Crippen LogP contribution >= 0.6 is 0 Å². The molecule has 0 aliphatic rings. The van der Waals surface area contributed by atoms with E-state index in [2.05, 4.69) is 10.1 Å². The SMILES string of the molecule is COC(=O)c1c(-c2ccc(F)c3cccnc23)nn(-c2ccccc2)c1C(=O)OC. The average molecular weight is 405 g/mol. The van der Waals surface area contributed by atoms with Crippen LogP contribution in [0, 0.1) is 5.82 Å². The molecule has 0 bridgehead atoms. The van der Waals surface area contributed by atoms with E-state index in [-0.39, 0.29) is 22.3 Å². The summed E-state index contributed by atoms with van der Waals surface area (Å²) in [5.74, 6) is -2.00. The highest BCUT2D eigenvalue weighted by atomic mass is 19.1. The zero-order valence-corrected chi connectivity index (χ0v) is 16.1. The fraction of sp³-hybridized carbons (Fsp3) is 0.0909. The number of esters is 2. The molecule has 0 saturated heterocycles. The van der Waals surface area contributed by atoms with Gasteiger partial charge in [-0.05, 0) is 36.4 Å². The first kappa shape index (κ1) is 19.3. The van der Waals surface area contributed by atoms with Crippen LogP contribution in [0.4, 0.5) is 4.39 Å². The minimum absolute atomic E-state index is 0.0910. The van der Waals surface area contributed by atoms with Crippen molar-refractivity contribution in [1.29, 1.82) is 0 Å². The van der Waals surface area contributed by atoms with Crippen molar-refractivity contribution < 1.29 is 23.5 Å². The van der Waals surface area contributed by atoms with Crippen LogP contribution in [0.15, 0.2) is 60.8 Å². The molecule has 0 spiro atoms. The molecule has 0 saturated carbocycles. The van der Waals surface area contributed by atoms with Gasteiger partial charge in [-0.2, -0.15) is 5.10 Å². The lowest BCUT2D eigenvalue weighted by atomic mass is 10.0. The van der Waals surface area contributed by atoms with Gasteiger partial charge in [0.25, 0.3) is 0 Å². The predicted octanol–water partition coefficient (Wildman–Crippen LogP) is 3.80. The summed E-state index contributed by atoms with van der Waals surface area (Å²) < 4.78 is 25.4. The second kappa shape index (κ2) is 7.75. The molecule has 0 aliphatic heterocycles. The minimum Gasteiger partial charge on any atom is -0.465 e. The first-order valence-electron chi connectivity index (χ1n) is 8.95. The summed E-state index contributed by atoms with van der Waals surface area (Å²) in [4.78, 5) is 29.6. The Balaban J connectivity index is 2.11. The Morgan fingerprint density at radius 2 is 1.67 bits per heavy atom.